The molecule has 0 bridgehead atoms. The van der Waals surface area contributed by atoms with Gasteiger partial charge in [0.05, 0.1) is 12.3 Å². The maximum atomic E-state index is 14.0. The van der Waals surface area contributed by atoms with Crippen molar-refractivity contribution in [1.29, 1.82) is 0 Å². The predicted molar refractivity (Wildman–Crippen MR) is 87.4 cm³/mol. The molecule has 0 unspecified atom stereocenters. The minimum atomic E-state index is -0.689. The lowest BCUT2D eigenvalue weighted by Crippen LogP contribution is -2.15. The van der Waals surface area contributed by atoms with Crippen LogP contribution in [0.3, 0.4) is 0 Å². The first-order chi connectivity index (χ1) is 11.0. The SMILES string of the molecule is CCCCOc1c(N)cc(F)c(C)c1C(=O)Oc1ccccc1. The maximum Gasteiger partial charge on any atom is 0.347 e. The zero-order valence-electron chi connectivity index (χ0n) is 13.3. The summed E-state index contributed by atoms with van der Waals surface area (Å²) in [6, 6.07) is 9.75. The molecule has 2 N–H and O–H groups in total. The Labute approximate surface area is 135 Å². The average molecular weight is 317 g/mol. The van der Waals surface area contributed by atoms with Gasteiger partial charge in [-0.25, -0.2) is 9.18 Å². The minimum Gasteiger partial charge on any atom is -0.491 e. The number of halogens is 1. The molecule has 0 amide bonds. The highest BCUT2D eigenvalue weighted by Gasteiger charge is 2.23. The van der Waals surface area contributed by atoms with Crippen molar-refractivity contribution in [3.8, 4) is 11.5 Å². The highest BCUT2D eigenvalue weighted by Crippen LogP contribution is 2.32. The molecule has 0 fully saturated rings. The van der Waals surface area contributed by atoms with Crippen LogP contribution in [0.5, 0.6) is 11.5 Å². The Morgan fingerprint density at radius 3 is 2.61 bits per heavy atom. The minimum absolute atomic E-state index is 0.0301. The van der Waals surface area contributed by atoms with Crippen LogP contribution < -0.4 is 15.2 Å². The predicted octanol–water partition coefficient (Wildman–Crippen LogP) is 4.11. The van der Waals surface area contributed by atoms with Crippen molar-refractivity contribution in [2.24, 2.45) is 0 Å². The lowest BCUT2D eigenvalue weighted by Gasteiger charge is -2.16. The number of carbonyl (C=O) groups is 1. The summed E-state index contributed by atoms with van der Waals surface area (Å²) in [5, 5.41) is 0. The van der Waals surface area contributed by atoms with Gasteiger partial charge in [0.2, 0.25) is 0 Å². The molecule has 0 radical (unpaired) electrons. The van der Waals surface area contributed by atoms with Crippen molar-refractivity contribution < 1.29 is 18.7 Å². The molecular formula is C18H20FNO3. The Hall–Kier alpha value is -2.56. The van der Waals surface area contributed by atoms with Crippen LogP contribution in [0.15, 0.2) is 36.4 Å². The van der Waals surface area contributed by atoms with Gasteiger partial charge in [-0.15, -0.1) is 0 Å². The molecule has 23 heavy (non-hydrogen) atoms. The van der Waals surface area contributed by atoms with Crippen molar-refractivity contribution in [1.82, 2.24) is 0 Å². The number of benzene rings is 2. The van der Waals surface area contributed by atoms with Gasteiger partial charge < -0.3 is 15.2 Å². The van der Waals surface area contributed by atoms with E-state index in [1.54, 1.807) is 24.3 Å². The molecule has 0 heterocycles. The van der Waals surface area contributed by atoms with Gasteiger partial charge in [0, 0.05) is 11.6 Å². The molecule has 0 atom stereocenters. The van der Waals surface area contributed by atoms with Crippen molar-refractivity contribution in [3.05, 3.63) is 53.3 Å². The van der Waals surface area contributed by atoms with Crippen LogP contribution in [0, 0.1) is 12.7 Å². The highest BCUT2D eigenvalue weighted by atomic mass is 19.1. The third kappa shape index (κ3) is 4.00. The second-order valence-electron chi connectivity index (χ2n) is 5.18. The van der Waals surface area contributed by atoms with Crippen molar-refractivity contribution in [2.75, 3.05) is 12.3 Å². The largest absolute Gasteiger partial charge is 0.491 e. The first-order valence-corrected chi connectivity index (χ1v) is 7.53. The molecular weight excluding hydrogens is 297 g/mol. The standard InChI is InChI=1S/C18H20FNO3/c1-3-4-10-22-17-15(20)11-14(19)12(2)16(17)18(21)23-13-8-6-5-7-9-13/h5-9,11H,3-4,10,20H2,1-2H3. The molecule has 5 heteroatoms. The summed E-state index contributed by atoms with van der Waals surface area (Å²) in [5.41, 5.74) is 6.11. The lowest BCUT2D eigenvalue weighted by atomic mass is 10.1. The number of nitrogens with two attached hydrogens (primary N) is 1. The van der Waals surface area contributed by atoms with E-state index in [-0.39, 0.29) is 22.6 Å². The Morgan fingerprint density at radius 1 is 1.26 bits per heavy atom. The Kier molecular flexibility index (Phi) is 5.57. The van der Waals surface area contributed by atoms with Crippen LogP contribution >= 0.6 is 0 Å². The topological polar surface area (TPSA) is 61.5 Å². The number of nitrogen functional groups attached to an aromatic ring is 1. The fourth-order valence-electron chi connectivity index (χ4n) is 2.11. The van der Waals surface area contributed by atoms with Crippen molar-refractivity contribution >= 4 is 11.7 Å². The summed E-state index contributed by atoms with van der Waals surface area (Å²) < 4.78 is 24.9. The summed E-state index contributed by atoms with van der Waals surface area (Å²) in [4.78, 5) is 12.5. The number of esters is 1. The number of carbonyl (C=O) groups excluding carboxylic acids is 1. The zero-order valence-corrected chi connectivity index (χ0v) is 13.3. The summed E-state index contributed by atoms with van der Waals surface area (Å²) >= 11 is 0. The molecule has 4 nitrogen and oxygen atoms in total. The average Bonchev–Trinajstić information content (AvgIpc) is 2.53. The van der Waals surface area contributed by atoms with Gasteiger partial charge in [-0.2, -0.15) is 0 Å². The van der Waals surface area contributed by atoms with E-state index < -0.39 is 11.8 Å². The molecule has 0 aromatic heterocycles. The number of hydrogen-bond acceptors (Lipinski definition) is 4. The molecule has 2 aromatic rings. The van der Waals surface area contributed by atoms with Crippen molar-refractivity contribution in [3.63, 3.8) is 0 Å². The van der Waals surface area contributed by atoms with Crippen LogP contribution in [0.1, 0.15) is 35.7 Å². The van der Waals surface area contributed by atoms with Crippen LogP contribution in [0.25, 0.3) is 0 Å². The van der Waals surface area contributed by atoms with E-state index in [0.29, 0.717) is 12.4 Å². The summed E-state index contributed by atoms with van der Waals surface area (Å²) in [6.45, 7) is 3.92. The van der Waals surface area contributed by atoms with E-state index in [4.69, 9.17) is 15.2 Å². The molecule has 2 aromatic carbocycles. The number of anilines is 1. The Morgan fingerprint density at radius 2 is 1.96 bits per heavy atom. The van der Waals surface area contributed by atoms with Crippen molar-refractivity contribution in [2.45, 2.75) is 26.7 Å². The first-order valence-electron chi connectivity index (χ1n) is 7.53. The molecule has 0 saturated heterocycles. The molecule has 0 aliphatic carbocycles. The van der Waals surface area contributed by atoms with Gasteiger partial charge >= 0.3 is 5.97 Å². The van der Waals surface area contributed by atoms with Gasteiger partial charge in [0.1, 0.15) is 17.1 Å². The summed E-state index contributed by atoms with van der Waals surface area (Å²) in [5.74, 6) is -0.700. The molecule has 0 spiro atoms. The van der Waals surface area contributed by atoms with E-state index >= 15 is 0 Å². The summed E-state index contributed by atoms with van der Waals surface area (Å²) in [7, 11) is 0. The number of unbranched alkanes of at least 4 members (excludes halogenated alkanes) is 1. The fraction of sp³-hybridized carbons (Fsp3) is 0.278. The molecule has 0 aliphatic rings. The monoisotopic (exact) mass is 317 g/mol. The van der Waals surface area contributed by atoms with Gasteiger partial charge in [0.25, 0.3) is 0 Å². The zero-order chi connectivity index (χ0) is 16.8. The normalized spacial score (nSPS) is 10.4. The summed E-state index contributed by atoms with van der Waals surface area (Å²) in [6.07, 6.45) is 1.74. The number of rotatable bonds is 6. The maximum absolute atomic E-state index is 14.0. The lowest BCUT2D eigenvalue weighted by molar-refractivity contribution is 0.0728. The first kappa shape index (κ1) is 16.8. The molecule has 0 saturated carbocycles. The van der Waals surface area contributed by atoms with Gasteiger partial charge in [-0.1, -0.05) is 31.5 Å². The van der Waals surface area contributed by atoms with E-state index in [9.17, 15) is 9.18 Å². The molecule has 2 rings (SSSR count). The quantitative estimate of drug-likeness (QED) is 0.377. The van der Waals surface area contributed by atoms with Gasteiger partial charge in [0.15, 0.2) is 5.75 Å². The second kappa shape index (κ2) is 7.63. The molecule has 122 valence electrons. The van der Waals surface area contributed by atoms with Gasteiger partial charge in [-0.3, -0.25) is 0 Å². The van der Waals surface area contributed by atoms with E-state index in [0.717, 1.165) is 18.9 Å². The number of hydrogen-bond donors (Lipinski definition) is 1. The Balaban J connectivity index is 2.36. The van der Waals surface area contributed by atoms with Crippen LogP contribution in [-0.4, -0.2) is 12.6 Å². The third-order valence-electron chi connectivity index (χ3n) is 3.41. The number of ether oxygens (including phenoxy) is 2. The fourth-order valence-corrected chi connectivity index (χ4v) is 2.11. The molecule has 0 aliphatic heterocycles. The van der Waals surface area contributed by atoms with Gasteiger partial charge in [-0.05, 0) is 25.5 Å². The van der Waals surface area contributed by atoms with Crippen LogP contribution in [0.2, 0.25) is 0 Å². The number of para-hydroxylation sites is 1. The van der Waals surface area contributed by atoms with Crippen LogP contribution in [0.4, 0.5) is 10.1 Å². The third-order valence-corrected chi connectivity index (χ3v) is 3.41. The van der Waals surface area contributed by atoms with E-state index in [1.807, 2.05) is 13.0 Å². The smallest absolute Gasteiger partial charge is 0.347 e. The Bertz CT molecular complexity index is 686. The van der Waals surface area contributed by atoms with E-state index in [1.165, 1.54) is 6.92 Å². The second-order valence-corrected chi connectivity index (χ2v) is 5.18. The van der Waals surface area contributed by atoms with E-state index in [2.05, 4.69) is 0 Å². The highest BCUT2D eigenvalue weighted by molar-refractivity contribution is 5.97. The van der Waals surface area contributed by atoms with Crippen LogP contribution in [-0.2, 0) is 0 Å².